The Morgan fingerprint density at radius 3 is 2.78 bits per heavy atom. The lowest BCUT2D eigenvalue weighted by Gasteiger charge is -2.07. The average molecular weight is 274 g/mol. The van der Waals surface area contributed by atoms with Gasteiger partial charge in [-0.15, -0.1) is 0 Å². The first kappa shape index (κ1) is 15.1. The third-order valence-corrected chi connectivity index (χ3v) is 3.97. The van der Waals surface area contributed by atoms with Gasteiger partial charge in [0.05, 0.1) is 12.3 Å². The molecule has 1 aromatic rings. The maximum absolute atomic E-state index is 11.7. The van der Waals surface area contributed by atoms with Gasteiger partial charge >= 0.3 is 0 Å². The van der Waals surface area contributed by atoms with Crippen LogP contribution in [0.15, 0.2) is 12.4 Å². The Bertz CT molecular complexity index is 442. The summed E-state index contributed by atoms with van der Waals surface area (Å²) in [7, 11) is -1.37. The first-order chi connectivity index (χ1) is 8.55. The fraction of sp³-hybridized carbons (Fsp3) is 0.727. The Morgan fingerprint density at radius 1 is 1.39 bits per heavy atom. The highest BCUT2D eigenvalue weighted by atomic mass is 32.2. The molecule has 0 aromatic carbocycles. The third kappa shape index (κ3) is 5.61. The maximum Gasteiger partial charge on any atom is 0.212 e. The van der Waals surface area contributed by atoms with Crippen LogP contribution in [-0.2, 0) is 23.6 Å². The molecule has 0 saturated heterocycles. The summed E-state index contributed by atoms with van der Waals surface area (Å²) in [5, 5.41) is 3.18. The van der Waals surface area contributed by atoms with Crippen LogP contribution in [0.3, 0.4) is 0 Å². The highest BCUT2D eigenvalue weighted by molar-refractivity contribution is 7.89. The Labute approximate surface area is 109 Å². The molecule has 1 rings (SSSR count). The van der Waals surface area contributed by atoms with Crippen molar-refractivity contribution in [2.75, 3.05) is 18.8 Å². The number of aromatic nitrogens is 2. The molecule has 0 atom stereocenters. The molecular weight excluding hydrogens is 252 g/mol. The van der Waals surface area contributed by atoms with Crippen molar-refractivity contribution in [3.8, 4) is 0 Å². The lowest BCUT2D eigenvalue weighted by Crippen LogP contribution is -2.29. The molecule has 0 fully saturated rings. The molecule has 6 nitrogen and oxygen atoms in total. The van der Waals surface area contributed by atoms with Crippen LogP contribution in [0.1, 0.15) is 25.6 Å². The molecular formula is C11H22N4O2S. The number of hydrogen-bond acceptors (Lipinski definition) is 4. The Hall–Kier alpha value is -0.920. The zero-order valence-electron chi connectivity index (χ0n) is 11.0. The highest BCUT2D eigenvalue weighted by Crippen LogP contribution is 1.96. The van der Waals surface area contributed by atoms with E-state index in [4.69, 9.17) is 0 Å². The molecule has 2 N–H and O–H groups in total. The Morgan fingerprint density at radius 2 is 2.17 bits per heavy atom. The van der Waals surface area contributed by atoms with Crippen LogP contribution in [0.25, 0.3) is 0 Å². The number of rotatable bonds is 9. The molecule has 0 aliphatic heterocycles. The van der Waals surface area contributed by atoms with E-state index < -0.39 is 10.0 Å². The van der Waals surface area contributed by atoms with Crippen molar-refractivity contribution in [2.45, 2.75) is 26.3 Å². The summed E-state index contributed by atoms with van der Waals surface area (Å²) in [5.41, 5.74) is 0. The van der Waals surface area contributed by atoms with Crippen molar-refractivity contribution < 1.29 is 8.42 Å². The van der Waals surface area contributed by atoms with Gasteiger partial charge in [-0.1, -0.05) is 6.92 Å². The molecule has 0 aliphatic rings. The highest BCUT2D eigenvalue weighted by Gasteiger charge is 2.10. The van der Waals surface area contributed by atoms with Crippen LogP contribution in [0.5, 0.6) is 0 Å². The van der Waals surface area contributed by atoms with E-state index in [1.807, 2.05) is 7.05 Å². The van der Waals surface area contributed by atoms with Gasteiger partial charge in [-0.3, -0.25) is 0 Å². The lowest BCUT2D eigenvalue weighted by molar-refractivity contribution is 0.571. The summed E-state index contributed by atoms with van der Waals surface area (Å²) in [6.45, 7) is 3.99. The average Bonchev–Trinajstić information content (AvgIpc) is 2.72. The van der Waals surface area contributed by atoms with Gasteiger partial charge in [0.25, 0.3) is 0 Å². The van der Waals surface area contributed by atoms with Gasteiger partial charge in [0.15, 0.2) is 0 Å². The second kappa shape index (κ2) is 7.50. The maximum atomic E-state index is 11.7. The molecule has 0 saturated carbocycles. The van der Waals surface area contributed by atoms with Crippen LogP contribution in [-0.4, -0.2) is 36.8 Å². The molecule has 0 bridgehead atoms. The molecule has 7 heteroatoms. The van der Waals surface area contributed by atoms with Crippen molar-refractivity contribution in [3.63, 3.8) is 0 Å². The summed E-state index contributed by atoms with van der Waals surface area (Å²) in [4.78, 5) is 4.06. The number of sulfonamides is 1. The van der Waals surface area contributed by atoms with Gasteiger partial charge < -0.3 is 9.88 Å². The molecule has 0 aliphatic carbocycles. The van der Waals surface area contributed by atoms with Crippen molar-refractivity contribution in [3.05, 3.63) is 18.2 Å². The molecule has 104 valence electrons. The molecule has 1 aromatic heterocycles. The second-order valence-electron chi connectivity index (χ2n) is 4.20. The monoisotopic (exact) mass is 274 g/mol. The predicted octanol–water partition coefficient (Wildman–Crippen LogP) is 0.229. The quantitative estimate of drug-likeness (QED) is 0.632. The van der Waals surface area contributed by atoms with Crippen molar-refractivity contribution in [1.82, 2.24) is 19.6 Å². The van der Waals surface area contributed by atoms with Crippen LogP contribution >= 0.6 is 0 Å². The minimum Gasteiger partial charge on any atom is -0.337 e. The minimum atomic E-state index is -3.20. The van der Waals surface area contributed by atoms with Gasteiger partial charge in [-0.05, 0) is 25.9 Å². The van der Waals surface area contributed by atoms with Gasteiger partial charge in [0, 0.05) is 19.4 Å². The number of hydrogen-bond donors (Lipinski definition) is 2. The van der Waals surface area contributed by atoms with E-state index in [1.165, 1.54) is 0 Å². The SMILES string of the molecule is CCCNCCCS(=O)(=O)NCc1nccn1C. The largest absolute Gasteiger partial charge is 0.337 e. The summed E-state index contributed by atoms with van der Waals surface area (Å²) < 4.78 is 27.7. The molecule has 1 heterocycles. The zero-order chi connectivity index (χ0) is 13.4. The van der Waals surface area contributed by atoms with Gasteiger partial charge in [0.1, 0.15) is 5.82 Å². The summed E-state index contributed by atoms with van der Waals surface area (Å²) in [5.74, 6) is 0.858. The molecule has 0 spiro atoms. The van der Waals surface area contributed by atoms with Crippen LogP contribution in [0.4, 0.5) is 0 Å². The summed E-state index contributed by atoms with van der Waals surface area (Å²) in [6, 6.07) is 0. The first-order valence-corrected chi connectivity index (χ1v) is 7.84. The zero-order valence-corrected chi connectivity index (χ0v) is 11.8. The molecule has 0 amide bonds. The lowest BCUT2D eigenvalue weighted by atomic mass is 10.4. The van der Waals surface area contributed by atoms with Gasteiger partial charge in [0.2, 0.25) is 10.0 Å². The molecule has 18 heavy (non-hydrogen) atoms. The Kier molecular flexibility index (Phi) is 6.31. The van der Waals surface area contributed by atoms with E-state index in [-0.39, 0.29) is 12.3 Å². The fourth-order valence-corrected chi connectivity index (χ4v) is 2.52. The van der Waals surface area contributed by atoms with E-state index in [0.29, 0.717) is 12.2 Å². The number of aryl methyl sites for hydroxylation is 1. The van der Waals surface area contributed by atoms with E-state index in [1.54, 1.807) is 17.0 Å². The number of nitrogens with zero attached hydrogens (tertiary/aromatic N) is 2. The fourth-order valence-electron chi connectivity index (χ4n) is 1.50. The van der Waals surface area contributed by atoms with Crippen molar-refractivity contribution in [2.24, 2.45) is 7.05 Å². The second-order valence-corrected chi connectivity index (χ2v) is 6.12. The number of imidazole rings is 1. The van der Waals surface area contributed by atoms with E-state index in [9.17, 15) is 8.42 Å². The molecule has 0 radical (unpaired) electrons. The summed E-state index contributed by atoms with van der Waals surface area (Å²) >= 11 is 0. The van der Waals surface area contributed by atoms with Gasteiger partial charge in [-0.2, -0.15) is 0 Å². The van der Waals surface area contributed by atoms with Gasteiger partial charge in [-0.25, -0.2) is 18.1 Å². The van der Waals surface area contributed by atoms with Crippen LogP contribution in [0.2, 0.25) is 0 Å². The van der Waals surface area contributed by atoms with Crippen LogP contribution in [0, 0.1) is 0 Å². The van der Waals surface area contributed by atoms with Crippen LogP contribution < -0.4 is 10.0 Å². The topological polar surface area (TPSA) is 76.0 Å². The Balaban J connectivity index is 2.25. The van der Waals surface area contributed by atoms with Crippen molar-refractivity contribution in [1.29, 1.82) is 0 Å². The third-order valence-electron chi connectivity index (χ3n) is 2.56. The summed E-state index contributed by atoms with van der Waals surface area (Å²) in [6.07, 6.45) is 5.12. The standard InChI is InChI=1S/C11H22N4O2S/c1-3-5-12-6-4-9-18(16,17)14-10-11-13-7-8-15(11)2/h7-8,12,14H,3-6,9-10H2,1-2H3. The van der Waals surface area contributed by atoms with Crippen molar-refractivity contribution >= 4 is 10.0 Å². The first-order valence-electron chi connectivity index (χ1n) is 6.19. The number of nitrogens with one attached hydrogen (secondary N) is 2. The van der Waals surface area contributed by atoms with E-state index >= 15 is 0 Å². The minimum absolute atomic E-state index is 0.147. The normalized spacial score (nSPS) is 11.9. The van der Waals surface area contributed by atoms with E-state index in [0.717, 1.165) is 19.5 Å². The smallest absolute Gasteiger partial charge is 0.212 e. The predicted molar refractivity (Wildman–Crippen MR) is 71.6 cm³/mol. The van der Waals surface area contributed by atoms with E-state index in [2.05, 4.69) is 21.9 Å². The molecule has 0 unspecified atom stereocenters.